The molecule has 0 spiro atoms. The molecule has 10 heteroatoms. The number of amides is 1. The number of aliphatic hydroxyl groups excluding tert-OH is 1. The second-order valence-corrected chi connectivity index (χ2v) is 12.1. The number of nitrogens with one attached hydrogen (secondary N) is 1. The van der Waals surface area contributed by atoms with Crippen LogP contribution in [0.1, 0.15) is 60.4 Å². The van der Waals surface area contributed by atoms with Crippen molar-refractivity contribution >= 4 is 21.4 Å². The molecule has 1 heterocycles. The van der Waals surface area contributed by atoms with Gasteiger partial charge in [0, 0.05) is 37.5 Å². The number of sulfone groups is 1. The van der Waals surface area contributed by atoms with Gasteiger partial charge in [0.25, 0.3) is 5.91 Å². The molecule has 0 bridgehead atoms. The van der Waals surface area contributed by atoms with Gasteiger partial charge in [-0.2, -0.15) is 0 Å². The summed E-state index contributed by atoms with van der Waals surface area (Å²) in [5.41, 5.74) is 7.74. The number of hydrogen-bond donors (Lipinski definition) is 4. The minimum absolute atomic E-state index is 0.0664. The van der Waals surface area contributed by atoms with Crippen LogP contribution < -0.4 is 15.8 Å². The Labute approximate surface area is 218 Å². The van der Waals surface area contributed by atoms with Crippen LogP contribution in [0.2, 0.25) is 0 Å². The number of hydrogen-bond acceptors (Lipinski definition) is 8. The molecular formula is C27H37N3O6S. The van der Waals surface area contributed by atoms with Gasteiger partial charge in [-0.05, 0) is 74.3 Å². The molecule has 202 valence electrons. The Morgan fingerprint density at radius 1 is 1.11 bits per heavy atom. The van der Waals surface area contributed by atoms with Gasteiger partial charge in [0.1, 0.15) is 29.1 Å². The number of anilines is 1. The standard InChI is InChI=1S/C27H37N3O6S/c1-37(34,35)26-23(32)12-13-24(25(26)28)36-17-22(31)16-29-21-10-8-19(9-11-21)18-4-6-20(7-5-18)27(33)30-14-2-3-15-30/h4-7,12-13,19,21-22,29,31-32H,2-3,8-11,14-17,28H2,1H3/t19-,21-,22-/m0/s1. The highest BCUT2D eigenvalue weighted by Gasteiger charge is 2.25. The number of ether oxygens (including phenoxy) is 1. The summed E-state index contributed by atoms with van der Waals surface area (Å²) < 4.78 is 29.3. The molecule has 2 fully saturated rings. The van der Waals surface area contributed by atoms with E-state index >= 15 is 0 Å². The highest BCUT2D eigenvalue weighted by Crippen LogP contribution is 2.36. The zero-order valence-corrected chi connectivity index (χ0v) is 22.0. The van der Waals surface area contributed by atoms with Gasteiger partial charge in [-0.15, -0.1) is 0 Å². The summed E-state index contributed by atoms with van der Waals surface area (Å²) in [4.78, 5) is 14.1. The van der Waals surface area contributed by atoms with Gasteiger partial charge < -0.3 is 30.9 Å². The molecule has 1 aliphatic heterocycles. The predicted octanol–water partition coefficient (Wildman–Crippen LogP) is 2.67. The Bertz CT molecular complexity index is 1190. The minimum Gasteiger partial charge on any atom is -0.507 e. The number of phenolic OH excluding ortho intramolecular Hbond substituents is 1. The van der Waals surface area contributed by atoms with E-state index in [2.05, 4.69) is 17.4 Å². The number of phenols is 1. The van der Waals surface area contributed by atoms with E-state index in [1.54, 1.807) is 0 Å². The molecule has 5 N–H and O–H groups in total. The normalized spacial score (nSPS) is 21.1. The van der Waals surface area contributed by atoms with Crippen molar-refractivity contribution in [1.29, 1.82) is 0 Å². The second kappa shape index (κ2) is 11.7. The van der Waals surface area contributed by atoms with Crippen LogP contribution in [0.15, 0.2) is 41.3 Å². The number of nitrogen functional groups attached to an aromatic ring is 1. The number of carbonyl (C=O) groups is 1. The Kier molecular flexibility index (Phi) is 8.61. The molecule has 37 heavy (non-hydrogen) atoms. The van der Waals surface area contributed by atoms with E-state index in [0.717, 1.165) is 63.4 Å². The van der Waals surface area contributed by atoms with Crippen molar-refractivity contribution in [2.45, 2.75) is 61.5 Å². The fourth-order valence-electron chi connectivity index (χ4n) is 5.26. The van der Waals surface area contributed by atoms with E-state index in [-0.39, 0.29) is 34.9 Å². The maximum absolute atomic E-state index is 12.6. The zero-order valence-electron chi connectivity index (χ0n) is 21.2. The lowest BCUT2D eigenvalue weighted by Gasteiger charge is -2.30. The number of aromatic hydroxyl groups is 1. The van der Waals surface area contributed by atoms with E-state index in [1.807, 2.05) is 17.0 Å². The van der Waals surface area contributed by atoms with Gasteiger partial charge in [-0.1, -0.05) is 12.1 Å². The molecule has 0 aromatic heterocycles. The number of rotatable bonds is 9. The monoisotopic (exact) mass is 531 g/mol. The lowest BCUT2D eigenvalue weighted by atomic mass is 9.81. The van der Waals surface area contributed by atoms with Crippen molar-refractivity contribution in [3.05, 3.63) is 47.5 Å². The number of nitrogens with two attached hydrogens (primary N) is 1. The quantitative estimate of drug-likeness (QED) is 0.362. The van der Waals surface area contributed by atoms with E-state index in [1.165, 1.54) is 17.7 Å². The van der Waals surface area contributed by atoms with Gasteiger partial charge in [-0.3, -0.25) is 4.79 Å². The second-order valence-electron chi connectivity index (χ2n) is 10.1. The molecule has 2 aromatic carbocycles. The highest BCUT2D eigenvalue weighted by molar-refractivity contribution is 7.91. The van der Waals surface area contributed by atoms with Crippen LogP contribution in [-0.4, -0.2) is 74.1 Å². The lowest BCUT2D eigenvalue weighted by molar-refractivity contribution is 0.0792. The molecule has 1 atom stereocenters. The molecule has 0 radical (unpaired) electrons. The average Bonchev–Trinajstić information content (AvgIpc) is 3.41. The first-order valence-corrected chi connectivity index (χ1v) is 14.8. The molecule has 2 aromatic rings. The maximum Gasteiger partial charge on any atom is 0.253 e. The molecule has 1 saturated carbocycles. The Hall–Kier alpha value is -2.82. The van der Waals surface area contributed by atoms with Crippen molar-refractivity contribution in [2.75, 3.05) is 38.2 Å². The van der Waals surface area contributed by atoms with Gasteiger partial charge in [0.05, 0.1) is 5.69 Å². The van der Waals surface area contributed by atoms with Gasteiger partial charge in [0.15, 0.2) is 9.84 Å². The summed E-state index contributed by atoms with van der Waals surface area (Å²) in [6, 6.07) is 11.0. The number of likely N-dealkylation sites (tertiary alicyclic amines) is 1. The molecule has 9 nitrogen and oxygen atoms in total. The summed E-state index contributed by atoms with van der Waals surface area (Å²) in [5, 5.41) is 23.6. The van der Waals surface area contributed by atoms with Crippen LogP contribution in [0.3, 0.4) is 0 Å². The van der Waals surface area contributed by atoms with Crippen molar-refractivity contribution in [1.82, 2.24) is 10.2 Å². The van der Waals surface area contributed by atoms with Crippen LogP contribution in [0.5, 0.6) is 11.5 Å². The molecule has 1 aliphatic carbocycles. The fourth-order valence-corrected chi connectivity index (χ4v) is 6.21. The number of benzene rings is 2. The third-order valence-corrected chi connectivity index (χ3v) is 8.50. The van der Waals surface area contributed by atoms with Crippen LogP contribution in [0.25, 0.3) is 0 Å². The maximum atomic E-state index is 12.6. The minimum atomic E-state index is -3.73. The van der Waals surface area contributed by atoms with E-state index in [0.29, 0.717) is 12.5 Å². The van der Waals surface area contributed by atoms with Crippen molar-refractivity contribution in [2.24, 2.45) is 0 Å². The van der Waals surface area contributed by atoms with Crippen molar-refractivity contribution in [3.63, 3.8) is 0 Å². The first-order valence-electron chi connectivity index (χ1n) is 12.9. The summed E-state index contributed by atoms with van der Waals surface area (Å²) in [7, 11) is -3.73. The summed E-state index contributed by atoms with van der Waals surface area (Å²) >= 11 is 0. The third-order valence-electron chi connectivity index (χ3n) is 7.33. The summed E-state index contributed by atoms with van der Waals surface area (Å²) in [6.07, 6.45) is 6.35. The Balaban J connectivity index is 1.21. The molecule has 0 unspecified atom stereocenters. The summed E-state index contributed by atoms with van der Waals surface area (Å²) in [6.45, 7) is 1.98. The SMILES string of the molecule is CS(=O)(=O)c1c(O)ccc(OC[C@@H](O)CN[C@H]2CC[C@H](c3ccc(C(=O)N4CCCC4)cc3)CC2)c1N. The first kappa shape index (κ1) is 27.2. The molecule has 1 amide bonds. The van der Waals surface area contributed by atoms with E-state index in [4.69, 9.17) is 10.5 Å². The Morgan fingerprint density at radius 2 is 1.76 bits per heavy atom. The first-order chi connectivity index (χ1) is 17.6. The van der Waals surface area contributed by atoms with Crippen LogP contribution in [0, 0.1) is 0 Å². The molecule has 4 rings (SSSR count). The Morgan fingerprint density at radius 3 is 2.38 bits per heavy atom. The van der Waals surface area contributed by atoms with E-state index in [9.17, 15) is 23.4 Å². The fraction of sp³-hybridized carbons (Fsp3) is 0.519. The van der Waals surface area contributed by atoms with E-state index < -0.39 is 21.7 Å². The third kappa shape index (κ3) is 6.74. The van der Waals surface area contributed by atoms with Crippen LogP contribution in [0.4, 0.5) is 5.69 Å². The van der Waals surface area contributed by atoms with Gasteiger partial charge >= 0.3 is 0 Å². The van der Waals surface area contributed by atoms with Crippen molar-refractivity contribution in [3.8, 4) is 11.5 Å². The molecule has 2 aliphatic rings. The predicted molar refractivity (Wildman–Crippen MR) is 142 cm³/mol. The van der Waals surface area contributed by atoms with Gasteiger partial charge in [0.2, 0.25) is 0 Å². The molecular weight excluding hydrogens is 494 g/mol. The number of carbonyl (C=O) groups excluding carboxylic acids is 1. The lowest BCUT2D eigenvalue weighted by Crippen LogP contribution is -2.39. The number of nitrogens with zero attached hydrogens (tertiary/aromatic N) is 1. The largest absolute Gasteiger partial charge is 0.507 e. The zero-order chi connectivity index (χ0) is 26.6. The number of aliphatic hydroxyl groups is 1. The topological polar surface area (TPSA) is 142 Å². The smallest absolute Gasteiger partial charge is 0.253 e. The molecule has 1 saturated heterocycles. The summed E-state index contributed by atoms with van der Waals surface area (Å²) in [5.74, 6) is 0.259. The highest BCUT2D eigenvalue weighted by atomic mass is 32.2. The average molecular weight is 532 g/mol. The van der Waals surface area contributed by atoms with Crippen LogP contribution >= 0.6 is 0 Å². The van der Waals surface area contributed by atoms with Gasteiger partial charge in [-0.25, -0.2) is 8.42 Å². The van der Waals surface area contributed by atoms with Crippen molar-refractivity contribution < 1.29 is 28.2 Å². The van der Waals surface area contributed by atoms with Crippen LogP contribution in [-0.2, 0) is 9.84 Å².